The maximum absolute atomic E-state index is 11.1. The molecule has 0 fully saturated rings. The van der Waals surface area contributed by atoms with E-state index in [1.807, 2.05) is 43.3 Å². The standard InChI is InChI=1S/C21H26N4O4/c1-3-22-21(24-13-16-7-8-19-20(11-16)29-14-28-19)23-9-10-27-18-6-4-5-17(12-18)25-15(2)26/h4-8,11-12H,3,9-10,13-14H2,1-2H3,(H,25,26)(H2,22,23,24). The lowest BCUT2D eigenvalue weighted by Gasteiger charge is -2.13. The van der Waals surface area contributed by atoms with Gasteiger partial charge in [-0.15, -0.1) is 0 Å². The predicted octanol–water partition coefficient (Wildman–Crippen LogP) is 2.51. The number of nitrogens with one attached hydrogen (secondary N) is 3. The highest BCUT2D eigenvalue weighted by atomic mass is 16.7. The fourth-order valence-electron chi connectivity index (χ4n) is 2.76. The highest BCUT2D eigenvalue weighted by molar-refractivity contribution is 5.88. The van der Waals surface area contributed by atoms with Gasteiger partial charge in [0.25, 0.3) is 0 Å². The van der Waals surface area contributed by atoms with Gasteiger partial charge in [-0.25, -0.2) is 4.99 Å². The molecule has 3 rings (SSSR count). The molecule has 0 bridgehead atoms. The van der Waals surface area contributed by atoms with Crippen LogP contribution in [0.25, 0.3) is 0 Å². The number of carbonyl (C=O) groups is 1. The van der Waals surface area contributed by atoms with Gasteiger partial charge in [0.15, 0.2) is 17.5 Å². The molecule has 1 heterocycles. The van der Waals surface area contributed by atoms with Crippen molar-refractivity contribution in [1.29, 1.82) is 0 Å². The zero-order valence-electron chi connectivity index (χ0n) is 16.7. The van der Waals surface area contributed by atoms with Gasteiger partial charge in [0.2, 0.25) is 12.7 Å². The lowest BCUT2D eigenvalue weighted by atomic mass is 10.2. The summed E-state index contributed by atoms with van der Waals surface area (Å²) in [5.74, 6) is 2.81. The highest BCUT2D eigenvalue weighted by Crippen LogP contribution is 2.32. The van der Waals surface area contributed by atoms with Crippen molar-refractivity contribution in [3.8, 4) is 17.2 Å². The number of fused-ring (bicyclic) bond motifs is 1. The van der Waals surface area contributed by atoms with Gasteiger partial charge in [0, 0.05) is 25.2 Å². The number of aliphatic imine (C=N–C) groups is 1. The number of hydrogen-bond acceptors (Lipinski definition) is 5. The van der Waals surface area contributed by atoms with Crippen LogP contribution < -0.4 is 30.2 Å². The topological polar surface area (TPSA) is 93.2 Å². The maximum atomic E-state index is 11.1. The van der Waals surface area contributed by atoms with Crippen molar-refractivity contribution in [2.75, 3.05) is 31.8 Å². The van der Waals surface area contributed by atoms with Crippen LogP contribution in [0.1, 0.15) is 19.4 Å². The summed E-state index contributed by atoms with van der Waals surface area (Å²) in [5, 5.41) is 9.20. The number of hydrogen-bond donors (Lipinski definition) is 3. The Morgan fingerprint density at radius 3 is 2.83 bits per heavy atom. The summed E-state index contributed by atoms with van der Waals surface area (Å²) >= 11 is 0. The molecule has 3 N–H and O–H groups in total. The number of carbonyl (C=O) groups excluding carboxylic acids is 1. The van der Waals surface area contributed by atoms with E-state index in [2.05, 4.69) is 20.9 Å². The van der Waals surface area contributed by atoms with Crippen LogP contribution in [-0.2, 0) is 11.3 Å². The van der Waals surface area contributed by atoms with E-state index in [1.54, 1.807) is 6.07 Å². The first kappa shape index (κ1) is 20.3. The number of anilines is 1. The number of rotatable bonds is 8. The normalized spacial score (nSPS) is 12.4. The summed E-state index contributed by atoms with van der Waals surface area (Å²) in [6.45, 7) is 6.07. The Balaban J connectivity index is 1.48. The summed E-state index contributed by atoms with van der Waals surface area (Å²) in [6.07, 6.45) is 0. The fourth-order valence-corrected chi connectivity index (χ4v) is 2.76. The van der Waals surface area contributed by atoms with Crippen LogP contribution in [0.2, 0.25) is 0 Å². The van der Waals surface area contributed by atoms with E-state index in [-0.39, 0.29) is 12.7 Å². The summed E-state index contributed by atoms with van der Waals surface area (Å²) < 4.78 is 16.5. The molecule has 8 nitrogen and oxygen atoms in total. The molecule has 1 amide bonds. The molecule has 0 saturated heterocycles. The number of amides is 1. The first-order valence-electron chi connectivity index (χ1n) is 9.55. The zero-order valence-corrected chi connectivity index (χ0v) is 16.7. The van der Waals surface area contributed by atoms with Crippen molar-refractivity contribution < 1.29 is 19.0 Å². The molecular formula is C21H26N4O4. The summed E-state index contributed by atoms with van der Waals surface area (Å²) in [4.78, 5) is 15.7. The van der Waals surface area contributed by atoms with Crippen molar-refractivity contribution in [3.05, 3.63) is 48.0 Å². The fraction of sp³-hybridized carbons (Fsp3) is 0.333. The van der Waals surface area contributed by atoms with Crippen LogP contribution in [0.3, 0.4) is 0 Å². The van der Waals surface area contributed by atoms with Gasteiger partial charge in [-0.1, -0.05) is 12.1 Å². The molecule has 1 aliphatic rings. The maximum Gasteiger partial charge on any atom is 0.231 e. The monoisotopic (exact) mass is 398 g/mol. The third-order valence-corrected chi connectivity index (χ3v) is 4.02. The Morgan fingerprint density at radius 1 is 1.14 bits per heavy atom. The first-order chi connectivity index (χ1) is 14.1. The first-order valence-corrected chi connectivity index (χ1v) is 9.55. The molecule has 8 heteroatoms. The minimum absolute atomic E-state index is 0.113. The average Bonchev–Trinajstić information content (AvgIpc) is 3.17. The molecular weight excluding hydrogens is 372 g/mol. The van der Waals surface area contributed by atoms with E-state index in [0.29, 0.717) is 37.1 Å². The van der Waals surface area contributed by atoms with Crippen LogP contribution in [0.4, 0.5) is 5.69 Å². The molecule has 0 aromatic heterocycles. The smallest absolute Gasteiger partial charge is 0.231 e. The van der Waals surface area contributed by atoms with Crippen LogP contribution >= 0.6 is 0 Å². The Kier molecular flexibility index (Phi) is 7.16. The van der Waals surface area contributed by atoms with Gasteiger partial charge < -0.3 is 30.2 Å². The second-order valence-electron chi connectivity index (χ2n) is 6.37. The molecule has 0 unspecified atom stereocenters. The third kappa shape index (κ3) is 6.31. The van der Waals surface area contributed by atoms with Crippen LogP contribution in [0.5, 0.6) is 17.2 Å². The van der Waals surface area contributed by atoms with E-state index in [4.69, 9.17) is 14.2 Å². The number of benzene rings is 2. The van der Waals surface area contributed by atoms with Gasteiger partial charge in [-0.2, -0.15) is 0 Å². The summed E-state index contributed by atoms with van der Waals surface area (Å²) in [7, 11) is 0. The van der Waals surface area contributed by atoms with Crippen molar-refractivity contribution in [2.24, 2.45) is 4.99 Å². The minimum atomic E-state index is -0.113. The predicted molar refractivity (Wildman–Crippen MR) is 112 cm³/mol. The molecule has 1 aliphatic heterocycles. The molecule has 154 valence electrons. The average molecular weight is 398 g/mol. The minimum Gasteiger partial charge on any atom is -0.492 e. The van der Waals surface area contributed by atoms with Gasteiger partial charge in [0.1, 0.15) is 12.4 Å². The summed E-state index contributed by atoms with van der Waals surface area (Å²) in [6, 6.07) is 13.1. The molecule has 2 aromatic rings. The molecule has 2 aromatic carbocycles. The van der Waals surface area contributed by atoms with Crippen LogP contribution in [0, 0.1) is 0 Å². The van der Waals surface area contributed by atoms with E-state index in [1.165, 1.54) is 6.92 Å². The highest BCUT2D eigenvalue weighted by Gasteiger charge is 2.12. The Hall–Kier alpha value is -3.42. The Bertz CT molecular complexity index is 870. The molecule has 0 aliphatic carbocycles. The van der Waals surface area contributed by atoms with Gasteiger partial charge in [0.05, 0.1) is 13.1 Å². The lowest BCUT2D eigenvalue weighted by Crippen LogP contribution is -2.39. The van der Waals surface area contributed by atoms with Crippen LogP contribution in [0.15, 0.2) is 47.5 Å². The van der Waals surface area contributed by atoms with E-state index in [0.717, 1.165) is 23.6 Å². The molecule has 0 spiro atoms. The number of ether oxygens (including phenoxy) is 3. The van der Waals surface area contributed by atoms with Crippen LogP contribution in [-0.4, -0.2) is 38.4 Å². The zero-order chi connectivity index (χ0) is 20.5. The number of nitrogens with zero attached hydrogens (tertiary/aromatic N) is 1. The van der Waals surface area contributed by atoms with E-state index in [9.17, 15) is 4.79 Å². The molecule has 0 atom stereocenters. The SMILES string of the molecule is CCNC(=NCc1ccc2c(c1)OCO2)NCCOc1cccc(NC(C)=O)c1. The van der Waals surface area contributed by atoms with Gasteiger partial charge >= 0.3 is 0 Å². The number of guanidine groups is 1. The van der Waals surface area contributed by atoms with E-state index < -0.39 is 0 Å². The van der Waals surface area contributed by atoms with Crippen molar-refractivity contribution >= 4 is 17.6 Å². The van der Waals surface area contributed by atoms with Gasteiger partial charge in [-0.3, -0.25) is 4.79 Å². The second kappa shape index (κ2) is 10.2. The Labute approximate surface area is 170 Å². The van der Waals surface area contributed by atoms with Crippen molar-refractivity contribution in [3.63, 3.8) is 0 Å². The Morgan fingerprint density at radius 2 is 2.00 bits per heavy atom. The van der Waals surface area contributed by atoms with Gasteiger partial charge in [-0.05, 0) is 36.8 Å². The molecule has 29 heavy (non-hydrogen) atoms. The summed E-state index contributed by atoms with van der Waals surface area (Å²) in [5.41, 5.74) is 1.75. The van der Waals surface area contributed by atoms with Crippen molar-refractivity contribution in [2.45, 2.75) is 20.4 Å². The second-order valence-corrected chi connectivity index (χ2v) is 6.37. The van der Waals surface area contributed by atoms with E-state index >= 15 is 0 Å². The molecule has 0 saturated carbocycles. The van der Waals surface area contributed by atoms with Crippen molar-refractivity contribution in [1.82, 2.24) is 10.6 Å². The lowest BCUT2D eigenvalue weighted by molar-refractivity contribution is -0.114. The largest absolute Gasteiger partial charge is 0.492 e. The quantitative estimate of drug-likeness (QED) is 0.359. The third-order valence-electron chi connectivity index (χ3n) is 4.02. The molecule has 0 radical (unpaired) electrons.